The summed E-state index contributed by atoms with van der Waals surface area (Å²) in [7, 11) is 0. The molecule has 0 fully saturated rings. The fourth-order valence-corrected chi connectivity index (χ4v) is 1.65. The van der Waals surface area contributed by atoms with Gasteiger partial charge in [-0.2, -0.15) is 0 Å². The molecule has 5 heteroatoms. The van der Waals surface area contributed by atoms with Crippen molar-refractivity contribution >= 4 is 11.6 Å². The van der Waals surface area contributed by atoms with E-state index < -0.39 is 0 Å². The molecule has 1 aromatic carbocycles. The second kappa shape index (κ2) is 6.22. The molecule has 0 radical (unpaired) electrons. The molecule has 0 saturated heterocycles. The summed E-state index contributed by atoms with van der Waals surface area (Å²) < 4.78 is 0. The van der Waals surface area contributed by atoms with Crippen LogP contribution in [-0.4, -0.2) is 35.1 Å². The standard InChI is InChI=1S/C12H19N3O2/c1-9(2)15(7-8-16)12(17)10-5-3-4-6-11(10)14-13/h3-6,9,14,16H,7-8,13H2,1-2H3. The Labute approximate surface area is 101 Å². The first-order chi connectivity index (χ1) is 8.11. The molecule has 94 valence electrons. The van der Waals surface area contributed by atoms with Gasteiger partial charge < -0.3 is 15.4 Å². The van der Waals surface area contributed by atoms with Crippen molar-refractivity contribution in [1.29, 1.82) is 0 Å². The van der Waals surface area contributed by atoms with Gasteiger partial charge in [0.2, 0.25) is 0 Å². The summed E-state index contributed by atoms with van der Waals surface area (Å²) in [5, 5.41) is 8.97. The zero-order chi connectivity index (χ0) is 12.8. The molecule has 0 spiro atoms. The summed E-state index contributed by atoms with van der Waals surface area (Å²) in [4.78, 5) is 13.9. The number of nitrogens with one attached hydrogen (secondary N) is 1. The van der Waals surface area contributed by atoms with Crippen molar-refractivity contribution in [1.82, 2.24) is 4.90 Å². The van der Waals surface area contributed by atoms with Gasteiger partial charge in [0, 0.05) is 12.6 Å². The smallest absolute Gasteiger partial charge is 0.256 e. The quantitative estimate of drug-likeness (QED) is 0.523. The average Bonchev–Trinajstić information content (AvgIpc) is 2.34. The highest BCUT2D eigenvalue weighted by atomic mass is 16.3. The number of amides is 1. The highest BCUT2D eigenvalue weighted by molar-refractivity contribution is 5.99. The molecule has 5 nitrogen and oxygen atoms in total. The second-order valence-corrected chi connectivity index (χ2v) is 4.01. The third-order valence-electron chi connectivity index (χ3n) is 2.54. The van der Waals surface area contributed by atoms with E-state index in [1.165, 1.54) is 0 Å². The second-order valence-electron chi connectivity index (χ2n) is 4.01. The van der Waals surface area contributed by atoms with Gasteiger partial charge in [-0.25, -0.2) is 0 Å². The first kappa shape index (κ1) is 13.5. The highest BCUT2D eigenvalue weighted by Gasteiger charge is 2.20. The van der Waals surface area contributed by atoms with Gasteiger partial charge in [0.25, 0.3) is 5.91 Å². The van der Waals surface area contributed by atoms with Crippen molar-refractivity contribution in [3.05, 3.63) is 29.8 Å². The number of hydrogen-bond acceptors (Lipinski definition) is 4. The third kappa shape index (κ3) is 3.18. The number of nitrogen functional groups attached to an aromatic ring is 1. The largest absolute Gasteiger partial charge is 0.395 e. The van der Waals surface area contributed by atoms with Crippen LogP contribution in [0.15, 0.2) is 24.3 Å². The number of aliphatic hydroxyl groups is 1. The molecule has 0 heterocycles. The molecule has 17 heavy (non-hydrogen) atoms. The molecule has 0 aliphatic carbocycles. The van der Waals surface area contributed by atoms with Crippen LogP contribution >= 0.6 is 0 Å². The Bertz CT molecular complexity index is 380. The molecule has 0 aromatic heterocycles. The van der Waals surface area contributed by atoms with E-state index in [1.807, 2.05) is 13.8 Å². The SMILES string of the molecule is CC(C)N(CCO)C(=O)c1ccccc1NN. The van der Waals surface area contributed by atoms with Crippen LogP contribution < -0.4 is 11.3 Å². The normalized spacial score (nSPS) is 10.4. The lowest BCUT2D eigenvalue weighted by Gasteiger charge is -2.26. The van der Waals surface area contributed by atoms with Gasteiger partial charge in [-0.1, -0.05) is 12.1 Å². The lowest BCUT2D eigenvalue weighted by molar-refractivity contribution is 0.0666. The molecule has 1 amide bonds. The summed E-state index contributed by atoms with van der Waals surface area (Å²) in [5.74, 6) is 5.23. The number of rotatable bonds is 5. The molecule has 1 aromatic rings. The molecular weight excluding hydrogens is 218 g/mol. The van der Waals surface area contributed by atoms with Crippen molar-refractivity contribution in [2.24, 2.45) is 5.84 Å². The van der Waals surface area contributed by atoms with E-state index >= 15 is 0 Å². The first-order valence-electron chi connectivity index (χ1n) is 5.59. The summed E-state index contributed by atoms with van der Waals surface area (Å²) in [5.41, 5.74) is 3.60. The van der Waals surface area contributed by atoms with Gasteiger partial charge >= 0.3 is 0 Å². The molecule has 1 rings (SSSR count). The molecule has 0 aliphatic rings. The number of nitrogens with two attached hydrogens (primary N) is 1. The van der Waals surface area contributed by atoms with Crippen molar-refractivity contribution in [2.45, 2.75) is 19.9 Å². The van der Waals surface area contributed by atoms with E-state index in [-0.39, 0.29) is 18.6 Å². The number of carbonyl (C=O) groups is 1. The van der Waals surface area contributed by atoms with Gasteiger partial charge in [-0.15, -0.1) is 0 Å². The fourth-order valence-electron chi connectivity index (χ4n) is 1.65. The monoisotopic (exact) mass is 237 g/mol. The van der Waals surface area contributed by atoms with E-state index in [2.05, 4.69) is 5.43 Å². The topological polar surface area (TPSA) is 78.6 Å². The van der Waals surface area contributed by atoms with Crippen molar-refractivity contribution in [3.63, 3.8) is 0 Å². The third-order valence-corrected chi connectivity index (χ3v) is 2.54. The molecular formula is C12H19N3O2. The Morgan fingerprint density at radius 3 is 2.65 bits per heavy atom. The van der Waals surface area contributed by atoms with Crippen molar-refractivity contribution < 1.29 is 9.90 Å². The maximum atomic E-state index is 12.3. The predicted molar refractivity (Wildman–Crippen MR) is 67.5 cm³/mol. The van der Waals surface area contributed by atoms with Crippen molar-refractivity contribution in [2.75, 3.05) is 18.6 Å². The highest BCUT2D eigenvalue weighted by Crippen LogP contribution is 2.17. The van der Waals surface area contributed by atoms with Crippen LogP contribution in [-0.2, 0) is 0 Å². The number of benzene rings is 1. The van der Waals surface area contributed by atoms with Crippen LogP contribution in [0.2, 0.25) is 0 Å². The number of anilines is 1. The fraction of sp³-hybridized carbons (Fsp3) is 0.417. The number of aliphatic hydroxyl groups excluding tert-OH is 1. The van der Waals surface area contributed by atoms with Gasteiger partial charge in [-0.05, 0) is 26.0 Å². The Morgan fingerprint density at radius 1 is 1.47 bits per heavy atom. The molecule has 0 unspecified atom stereocenters. The molecule has 4 N–H and O–H groups in total. The Kier molecular flexibility index (Phi) is 4.93. The van der Waals surface area contributed by atoms with Crippen LogP contribution in [0.4, 0.5) is 5.69 Å². The lowest BCUT2D eigenvalue weighted by Crippen LogP contribution is -2.39. The number of carbonyl (C=O) groups excluding carboxylic acids is 1. The van der Waals surface area contributed by atoms with E-state index in [0.29, 0.717) is 17.8 Å². The minimum atomic E-state index is -0.136. The summed E-state index contributed by atoms with van der Waals surface area (Å²) in [6.07, 6.45) is 0. The molecule has 0 aliphatic heterocycles. The molecule has 0 bridgehead atoms. The van der Waals surface area contributed by atoms with Crippen LogP contribution in [0.5, 0.6) is 0 Å². The van der Waals surface area contributed by atoms with Crippen molar-refractivity contribution in [3.8, 4) is 0 Å². The summed E-state index contributed by atoms with van der Waals surface area (Å²) >= 11 is 0. The maximum absolute atomic E-state index is 12.3. The van der Waals surface area contributed by atoms with E-state index in [9.17, 15) is 4.79 Å². The van der Waals surface area contributed by atoms with Crippen LogP contribution in [0.1, 0.15) is 24.2 Å². The Hall–Kier alpha value is -1.59. The maximum Gasteiger partial charge on any atom is 0.256 e. The first-order valence-corrected chi connectivity index (χ1v) is 5.59. The zero-order valence-corrected chi connectivity index (χ0v) is 10.2. The van der Waals surface area contributed by atoms with Crippen LogP contribution in [0.25, 0.3) is 0 Å². The van der Waals surface area contributed by atoms with Gasteiger partial charge in [0.05, 0.1) is 17.9 Å². The Morgan fingerprint density at radius 2 is 2.12 bits per heavy atom. The minimum absolute atomic E-state index is 0.0282. The zero-order valence-electron chi connectivity index (χ0n) is 10.2. The number of nitrogens with zero attached hydrogens (tertiary/aromatic N) is 1. The predicted octanol–water partition coefficient (Wildman–Crippen LogP) is 0.815. The Balaban J connectivity index is 3.00. The van der Waals surface area contributed by atoms with E-state index in [0.717, 1.165) is 0 Å². The summed E-state index contributed by atoms with van der Waals surface area (Å²) in [6, 6.07) is 7.07. The van der Waals surface area contributed by atoms with Gasteiger partial charge in [0.1, 0.15) is 0 Å². The van der Waals surface area contributed by atoms with E-state index in [4.69, 9.17) is 10.9 Å². The molecule has 0 saturated carbocycles. The van der Waals surface area contributed by atoms with E-state index in [1.54, 1.807) is 29.2 Å². The summed E-state index contributed by atoms with van der Waals surface area (Å²) in [6.45, 7) is 4.08. The van der Waals surface area contributed by atoms with Gasteiger partial charge in [-0.3, -0.25) is 10.6 Å². The average molecular weight is 237 g/mol. The lowest BCUT2D eigenvalue weighted by atomic mass is 10.1. The number of hydrogen-bond donors (Lipinski definition) is 3. The number of hydrazine groups is 1. The molecule has 0 atom stereocenters. The van der Waals surface area contributed by atoms with Crippen LogP contribution in [0.3, 0.4) is 0 Å². The number of para-hydroxylation sites is 1. The van der Waals surface area contributed by atoms with Crippen LogP contribution in [0, 0.1) is 0 Å². The minimum Gasteiger partial charge on any atom is -0.395 e. The van der Waals surface area contributed by atoms with Gasteiger partial charge in [0.15, 0.2) is 0 Å².